The van der Waals surface area contributed by atoms with Crippen molar-refractivity contribution in [3.63, 3.8) is 0 Å². The van der Waals surface area contributed by atoms with Gasteiger partial charge in [0.1, 0.15) is 5.75 Å². The minimum Gasteiger partial charge on any atom is -0.481 e. The number of rotatable bonds is 7. The topological polar surface area (TPSA) is 73.9 Å². The zero-order valence-corrected chi connectivity index (χ0v) is 19.5. The third-order valence-electron chi connectivity index (χ3n) is 5.43. The summed E-state index contributed by atoms with van der Waals surface area (Å²) in [5.41, 5.74) is 3.71. The molecule has 0 aromatic heterocycles. The van der Waals surface area contributed by atoms with Crippen molar-refractivity contribution < 1.29 is 14.3 Å². The predicted octanol–water partition coefficient (Wildman–Crippen LogP) is 4.06. The molecule has 3 rings (SSSR count). The molecule has 1 aliphatic rings. The molecule has 7 nitrogen and oxygen atoms in total. The zero-order valence-electron chi connectivity index (χ0n) is 19.5. The molecule has 7 heteroatoms. The van der Waals surface area contributed by atoms with Crippen molar-refractivity contribution in [1.29, 1.82) is 0 Å². The number of benzene rings is 2. The summed E-state index contributed by atoms with van der Waals surface area (Å²) >= 11 is 0. The SMILES string of the molecule is C=C(C)c1cccc(C(C)(C)NC(=O)Nc2ccc3c(c2)OCC(=O)N3CCN(C)C)c1. The summed E-state index contributed by atoms with van der Waals surface area (Å²) in [5, 5.41) is 5.90. The molecule has 3 amide bonds. The summed E-state index contributed by atoms with van der Waals surface area (Å²) < 4.78 is 5.62. The van der Waals surface area contributed by atoms with Crippen LogP contribution in [0.5, 0.6) is 5.75 Å². The molecular weight excluding hydrogens is 404 g/mol. The second kappa shape index (κ2) is 9.44. The minimum absolute atomic E-state index is 0.0117. The lowest BCUT2D eigenvalue weighted by molar-refractivity contribution is -0.121. The monoisotopic (exact) mass is 436 g/mol. The van der Waals surface area contributed by atoms with Crippen LogP contribution < -0.4 is 20.3 Å². The van der Waals surface area contributed by atoms with Crippen LogP contribution in [0.3, 0.4) is 0 Å². The molecule has 2 aromatic carbocycles. The Bertz CT molecular complexity index is 1030. The Kier molecular flexibility index (Phi) is 6.89. The molecule has 0 saturated carbocycles. The molecule has 0 saturated heterocycles. The van der Waals surface area contributed by atoms with Crippen LogP contribution in [0.1, 0.15) is 31.9 Å². The van der Waals surface area contributed by atoms with E-state index in [2.05, 4.69) is 17.2 Å². The predicted molar refractivity (Wildman–Crippen MR) is 129 cm³/mol. The van der Waals surface area contributed by atoms with Crippen molar-refractivity contribution in [2.45, 2.75) is 26.3 Å². The van der Waals surface area contributed by atoms with Crippen LogP contribution in [0, 0.1) is 0 Å². The van der Waals surface area contributed by atoms with Gasteiger partial charge in [-0.3, -0.25) is 4.79 Å². The molecular formula is C25H32N4O3. The highest BCUT2D eigenvalue weighted by molar-refractivity contribution is 5.99. The van der Waals surface area contributed by atoms with E-state index in [-0.39, 0.29) is 18.5 Å². The van der Waals surface area contributed by atoms with Crippen molar-refractivity contribution >= 4 is 28.9 Å². The molecule has 32 heavy (non-hydrogen) atoms. The summed E-state index contributed by atoms with van der Waals surface area (Å²) in [7, 11) is 3.93. The Hall–Kier alpha value is -3.32. The molecule has 0 bridgehead atoms. The van der Waals surface area contributed by atoms with Crippen LogP contribution in [0.25, 0.3) is 5.57 Å². The maximum Gasteiger partial charge on any atom is 0.319 e. The fourth-order valence-electron chi connectivity index (χ4n) is 3.52. The lowest BCUT2D eigenvalue weighted by Gasteiger charge is -2.31. The van der Waals surface area contributed by atoms with Crippen molar-refractivity contribution in [2.24, 2.45) is 0 Å². The van der Waals surface area contributed by atoms with Crippen molar-refractivity contribution in [2.75, 3.05) is 44.0 Å². The minimum atomic E-state index is -0.588. The number of ether oxygens (including phenoxy) is 1. The average Bonchev–Trinajstić information content (AvgIpc) is 2.72. The highest BCUT2D eigenvalue weighted by atomic mass is 16.5. The van der Waals surface area contributed by atoms with Gasteiger partial charge in [-0.2, -0.15) is 0 Å². The van der Waals surface area contributed by atoms with Gasteiger partial charge in [-0.05, 0) is 64.2 Å². The van der Waals surface area contributed by atoms with Crippen LogP contribution >= 0.6 is 0 Å². The molecule has 0 radical (unpaired) electrons. The Labute approximate surface area is 190 Å². The highest BCUT2D eigenvalue weighted by Crippen LogP contribution is 2.34. The fraction of sp³-hybridized carbons (Fsp3) is 0.360. The molecule has 1 heterocycles. The summed E-state index contributed by atoms with van der Waals surface area (Å²) in [6.45, 7) is 11.2. The third kappa shape index (κ3) is 5.48. The van der Waals surface area contributed by atoms with Gasteiger partial charge in [-0.15, -0.1) is 0 Å². The number of nitrogens with one attached hydrogen (secondary N) is 2. The Morgan fingerprint density at radius 1 is 1.22 bits per heavy atom. The van der Waals surface area contributed by atoms with Crippen LogP contribution in [0.15, 0.2) is 49.0 Å². The van der Waals surface area contributed by atoms with E-state index >= 15 is 0 Å². The number of urea groups is 1. The van der Waals surface area contributed by atoms with Crippen molar-refractivity contribution in [3.8, 4) is 5.75 Å². The first-order valence-corrected chi connectivity index (χ1v) is 10.6. The third-order valence-corrected chi connectivity index (χ3v) is 5.43. The summed E-state index contributed by atoms with van der Waals surface area (Å²) in [6.07, 6.45) is 0. The molecule has 170 valence electrons. The quantitative estimate of drug-likeness (QED) is 0.686. The molecule has 0 spiro atoms. The van der Waals surface area contributed by atoms with E-state index < -0.39 is 5.54 Å². The van der Waals surface area contributed by atoms with E-state index in [4.69, 9.17) is 4.74 Å². The summed E-state index contributed by atoms with van der Waals surface area (Å²) in [4.78, 5) is 28.8. The van der Waals surface area contributed by atoms with Gasteiger partial charge in [0, 0.05) is 24.8 Å². The second-order valence-electron chi connectivity index (χ2n) is 8.89. The number of anilines is 2. The molecule has 2 N–H and O–H groups in total. The number of allylic oxidation sites excluding steroid dienone is 1. The first kappa shape index (κ1) is 23.3. The normalized spacial score (nSPS) is 13.4. The Morgan fingerprint density at radius 2 is 1.97 bits per heavy atom. The molecule has 0 atom stereocenters. The molecule has 0 aliphatic carbocycles. The number of hydrogen-bond donors (Lipinski definition) is 2. The summed E-state index contributed by atoms with van der Waals surface area (Å²) in [6, 6.07) is 13.0. The first-order chi connectivity index (χ1) is 15.1. The fourth-order valence-corrected chi connectivity index (χ4v) is 3.52. The van der Waals surface area contributed by atoms with Crippen LogP contribution in [0.2, 0.25) is 0 Å². The van der Waals surface area contributed by atoms with Gasteiger partial charge in [0.15, 0.2) is 6.61 Å². The van der Waals surface area contributed by atoms with E-state index in [1.54, 1.807) is 23.1 Å². The lowest BCUT2D eigenvalue weighted by atomic mass is 9.92. The standard InChI is InChI=1S/C25H32N4O3/c1-17(2)18-8-7-9-19(14-18)25(3,4)27-24(31)26-20-10-11-21-22(15-20)32-16-23(30)29(21)13-12-28(5)6/h7-11,14-15H,1,12-13,16H2,2-6H3,(H2,26,27,31). The van der Waals surface area contributed by atoms with Gasteiger partial charge in [0.2, 0.25) is 0 Å². The number of carbonyl (C=O) groups is 2. The van der Waals surface area contributed by atoms with E-state index in [0.717, 1.165) is 23.2 Å². The number of amides is 3. The van der Waals surface area contributed by atoms with Crippen molar-refractivity contribution in [1.82, 2.24) is 10.2 Å². The number of likely N-dealkylation sites (N-methyl/N-ethyl adjacent to an activating group) is 1. The van der Waals surface area contributed by atoms with Crippen LogP contribution in [-0.4, -0.2) is 50.6 Å². The lowest BCUT2D eigenvalue weighted by Crippen LogP contribution is -2.43. The van der Waals surface area contributed by atoms with Gasteiger partial charge in [0.25, 0.3) is 5.91 Å². The van der Waals surface area contributed by atoms with Gasteiger partial charge in [0.05, 0.1) is 11.2 Å². The van der Waals surface area contributed by atoms with Gasteiger partial charge in [-0.25, -0.2) is 4.79 Å². The number of hydrogen-bond acceptors (Lipinski definition) is 4. The Balaban J connectivity index is 1.71. The smallest absolute Gasteiger partial charge is 0.319 e. The summed E-state index contributed by atoms with van der Waals surface area (Å²) in [5.74, 6) is 0.506. The number of carbonyl (C=O) groups excluding carboxylic acids is 2. The molecule has 2 aromatic rings. The molecule has 0 fully saturated rings. The van der Waals surface area contributed by atoms with Crippen LogP contribution in [0.4, 0.5) is 16.2 Å². The largest absolute Gasteiger partial charge is 0.481 e. The maximum atomic E-state index is 12.7. The average molecular weight is 437 g/mol. The number of fused-ring (bicyclic) bond motifs is 1. The van der Waals surface area contributed by atoms with Gasteiger partial charge >= 0.3 is 6.03 Å². The van der Waals surface area contributed by atoms with Gasteiger partial charge < -0.3 is 25.2 Å². The van der Waals surface area contributed by atoms with E-state index in [1.807, 2.05) is 64.0 Å². The van der Waals surface area contributed by atoms with Crippen molar-refractivity contribution in [3.05, 3.63) is 60.2 Å². The number of nitrogens with zero attached hydrogens (tertiary/aromatic N) is 2. The molecule has 1 aliphatic heterocycles. The van der Waals surface area contributed by atoms with E-state index in [9.17, 15) is 9.59 Å². The molecule has 0 unspecified atom stereocenters. The highest BCUT2D eigenvalue weighted by Gasteiger charge is 2.27. The second-order valence-corrected chi connectivity index (χ2v) is 8.89. The van der Waals surface area contributed by atoms with E-state index in [0.29, 0.717) is 23.7 Å². The first-order valence-electron chi connectivity index (χ1n) is 10.6. The maximum absolute atomic E-state index is 12.7. The van der Waals surface area contributed by atoms with Gasteiger partial charge in [-0.1, -0.05) is 30.4 Å². The Morgan fingerprint density at radius 3 is 2.66 bits per heavy atom. The van der Waals surface area contributed by atoms with Crippen LogP contribution in [-0.2, 0) is 10.3 Å². The van der Waals surface area contributed by atoms with E-state index in [1.165, 1.54) is 0 Å². The zero-order chi connectivity index (χ0) is 23.5.